The lowest BCUT2D eigenvalue weighted by Crippen LogP contribution is -2.38. The molecular formula is C17H26N6O2. The maximum Gasteiger partial charge on any atom is 0.224 e. The Morgan fingerprint density at radius 2 is 2.12 bits per heavy atom. The van der Waals surface area contributed by atoms with Crippen molar-refractivity contribution in [1.82, 2.24) is 29.2 Å². The number of hydrogen-bond donors (Lipinski definition) is 0. The minimum Gasteiger partial charge on any atom is -0.384 e. The molecule has 1 aliphatic rings. The molecule has 8 heteroatoms. The molecule has 0 N–H and O–H groups in total. The monoisotopic (exact) mass is 346 g/mol. The van der Waals surface area contributed by atoms with Gasteiger partial charge in [0.1, 0.15) is 5.82 Å². The quantitative estimate of drug-likeness (QED) is 0.755. The first-order valence-electron chi connectivity index (χ1n) is 8.87. The van der Waals surface area contributed by atoms with Crippen LogP contribution in [0.3, 0.4) is 0 Å². The van der Waals surface area contributed by atoms with Gasteiger partial charge in [-0.1, -0.05) is 0 Å². The van der Waals surface area contributed by atoms with Crippen LogP contribution in [0.1, 0.15) is 43.8 Å². The average Bonchev–Trinajstić information content (AvgIpc) is 3.29. The zero-order valence-electron chi connectivity index (χ0n) is 15.0. The molecule has 3 rings (SSSR count). The second kappa shape index (κ2) is 8.24. The summed E-state index contributed by atoms with van der Waals surface area (Å²) in [5.41, 5.74) is 0. The van der Waals surface area contributed by atoms with Crippen molar-refractivity contribution in [3.05, 3.63) is 30.4 Å². The van der Waals surface area contributed by atoms with Crippen LogP contribution in [-0.4, -0.2) is 61.9 Å². The molecule has 0 atom stereocenters. The zero-order valence-corrected chi connectivity index (χ0v) is 15.0. The van der Waals surface area contributed by atoms with Gasteiger partial charge in [0.05, 0.1) is 25.9 Å². The minimum absolute atomic E-state index is 0.179. The molecule has 0 radical (unpaired) electrons. The molecule has 3 heterocycles. The molecule has 25 heavy (non-hydrogen) atoms. The first kappa shape index (κ1) is 17.6. The van der Waals surface area contributed by atoms with Crippen molar-refractivity contribution in [2.24, 2.45) is 0 Å². The summed E-state index contributed by atoms with van der Waals surface area (Å²) in [6, 6.07) is 0. The fraction of sp³-hybridized carbons (Fsp3) is 0.647. The average molecular weight is 346 g/mol. The van der Waals surface area contributed by atoms with E-state index in [9.17, 15) is 4.79 Å². The smallest absolute Gasteiger partial charge is 0.224 e. The van der Waals surface area contributed by atoms with Crippen LogP contribution in [0.4, 0.5) is 0 Å². The third kappa shape index (κ3) is 4.07. The Balaban J connectivity index is 1.63. The van der Waals surface area contributed by atoms with E-state index in [1.165, 1.54) is 0 Å². The summed E-state index contributed by atoms with van der Waals surface area (Å²) in [7, 11) is 1.62. The molecule has 0 spiro atoms. The Kier molecular flexibility index (Phi) is 5.80. The standard InChI is InChI=1S/C17H26N6O2/c1-3-23-15(12-21-10-7-18-13-21)19-20-17(23)14-4-8-22(9-5-14)16(24)6-11-25-2/h7,10,13-14H,3-6,8-9,11-12H2,1-2H3. The number of piperidine rings is 1. The maximum absolute atomic E-state index is 12.1. The zero-order chi connectivity index (χ0) is 17.6. The second-order valence-corrected chi connectivity index (χ2v) is 6.35. The second-order valence-electron chi connectivity index (χ2n) is 6.35. The highest BCUT2D eigenvalue weighted by Crippen LogP contribution is 2.27. The number of hydrogen-bond acceptors (Lipinski definition) is 5. The Labute approximate surface area is 147 Å². The Morgan fingerprint density at radius 3 is 2.76 bits per heavy atom. The van der Waals surface area contributed by atoms with Gasteiger partial charge in [-0.2, -0.15) is 0 Å². The first-order chi connectivity index (χ1) is 12.2. The summed E-state index contributed by atoms with van der Waals surface area (Å²) < 4.78 is 9.19. The van der Waals surface area contributed by atoms with E-state index in [4.69, 9.17) is 4.74 Å². The number of amides is 1. The van der Waals surface area contributed by atoms with E-state index in [-0.39, 0.29) is 5.91 Å². The molecule has 1 fully saturated rings. The van der Waals surface area contributed by atoms with E-state index in [1.54, 1.807) is 19.6 Å². The van der Waals surface area contributed by atoms with Gasteiger partial charge in [0.15, 0.2) is 5.82 Å². The number of carbonyl (C=O) groups is 1. The fourth-order valence-corrected chi connectivity index (χ4v) is 3.39. The van der Waals surface area contributed by atoms with Crippen LogP contribution in [0.2, 0.25) is 0 Å². The number of aromatic nitrogens is 5. The van der Waals surface area contributed by atoms with E-state index in [2.05, 4.69) is 26.7 Å². The Hall–Kier alpha value is -2.22. The molecule has 2 aromatic heterocycles. The van der Waals surface area contributed by atoms with E-state index in [0.29, 0.717) is 25.5 Å². The molecule has 0 aliphatic carbocycles. The van der Waals surface area contributed by atoms with Gasteiger partial charge in [-0.3, -0.25) is 4.79 Å². The van der Waals surface area contributed by atoms with Crippen LogP contribution in [0.25, 0.3) is 0 Å². The van der Waals surface area contributed by atoms with E-state index >= 15 is 0 Å². The first-order valence-corrected chi connectivity index (χ1v) is 8.87. The summed E-state index contributed by atoms with van der Waals surface area (Å²) in [4.78, 5) is 18.1. The number of nitrogens with zero attached hydrogens (tertiary/aromatic N) is 6. The van der Waals surface area contributed by atoms with Crippen molar-refractivity contribution >= 4 is 5.91 Å². The van der Waals surface area contributed by atoms with Crippen LogP contribution in [-0.2, 0) is 22.6 Å². The SMILES string of the molecule is CCn1c(Cn2ccnc2)nnc1C1CCN(C(=O)CCOC)CC1. The number of methoxy groups -OCH3 is 1. The molecule has 0 bridgehead atoms. The van der Waals surface area contributed by atoms with Gasteiger partial charge in [0, 0.05) is 45.1 Å². The molecule has 0 saturated carbocycles. The minimum atomic E-state index is 0.179. The van der Waals surface area contributed by atoms with Gasteiger partial charge in [-0.05, 0) is 19.8 Å². The van der Waals surface area contributed by atoms with Crippen LogP contribution in [0.15, 0.2) is 18.7 Å². The van der Waals surface area contributed by atoms with Gasteiger partial charge in [0.25, 0.3) is 0 Å². The van der Waals surface area contributed by atoms with Gasteiger partial charge in [-0.15, -0.1) is 10.2 Å². The number of rotatable bonds is 7. The van der Waals surface area contributed by atoms with Crippen LogP contribution >= 0.6 is 0 Å². The molecule has 1 aliphatic heterocycles. The van der Waals surface area contributed by atoms with Crippen molar-refractivity contribution in [3.8, 4) is 0 Å². The summed E-state index contributed by atoms with van der Waals surface area (Å²) in [6.07, 6.45) is 7.81. The van der Waals surface area contributed by atoms with Crippen LogP contribution in [0.5, 0.6) is 0 Å². The van der Waals surface area contributed by atoms with Gasteiger partial charge in [-0.25, -0.2) is 4.98 Å². The summed E-state index contributed by atoms with van der Waals surface area (Å²) in [5.74, 6) is 2.53. The fourth-order valence-electron chi connectivity index (χ4n) is 3.39. The van der Waals surface area contributed by atoms with E-state index < -0.39 is 0 Å². The van der Waals surface area contributed by atoms with Crippen LogP contribution < -0.4 is 0 Å². The molecule has 1 amide bonds. The largest absolute Gasteiger partial charge is 0.384 e. The normalized spacial score (nSPS) is 15.7. The molecule has 0 unspecified atom stereocenters. The summed E-state index contributed by atoms with van der Waals surface area (Å²) in [6.45, 7) is 5.68. The van der Waals surface area contributed by atoms with Crippen molar-refractivity contribution in [2.75, 3.05) is 26.8 Å². The lowest BCUT2D eigenvalue weighted by Gasteiger charge is -2.31. The van der Waals surface area contributed by atoms with Gasteiger partial charge in [0.2, 0.25) is 5.91 Å². The highest BCUT2D eigenvalue weighted by molar-refractivity contribution is 5.76. The lowest BCUT2D eigenvalue weighted by atomic mass is 9.95. The van der Waals surface area contributed by atoms with Gasteiger partial charge >= 0.3 is 0 Å². The predicted octanol–water partition coefficient (Wildman–Crippen LogP) is 1.29. The molecule has 1 saturated heterocycles. The molecular weight excluding hydrogens is 320 g/mol. The Bertz CT molecular complexity index is 673. The summed E-state index contributed by atoms with van der Waals surface area (Å²) in [5, 5.41) is 8.87. The van der Waals surface area contributed by atoms with Crippen molar-refractivity contribution in [1.29, 1.82) is 0 Å². The van der Waals surface area contributed by atoms with Crippen molar-refractivity contribution in [2.45, 2.75) is 45.2 Å². The van der Waals surface area contributed by atoms with Crippen molar-refractivity contribution in [3.63, 3.8) is 0 Å². The number of likely N-dealkylation sites (tertiary alicyclic amines) is 1. The highest BCUT2D eigenvalue weighted by Gasteiger charge is 2.27. The number of ether oxygens (including phenoxy) is 1. The predicted molar refractivity (Wildman–Crippen MR) is 92.1 cm³/mol. The van der Waals surface area contributed by atoms with E-state index in [0.717, 1.165) is 44.1 Å². The molecule has 0 aromatic carbocycles. The van der Waals surface area contributed by atoms with Gasteiger partial charge < -0.3 is 18.8 Å². The Morgan fingerprint density at radius 1 is 1.32 bits per heavy atom. The highest BCUT2D eigenvalue weighted by atomic mass is 16.5. The maximum atomic E-state index is 12.1. The molecule has 2 aromatic rings. The number of imidazole rings is 1. The lowest BCUT2D eigenvalue weighted by molar-refractivity contribution is -0.133. The topological polar surface area (TPSA) is 78.1 Å². The third-order valence-electron chi connectivity index (χ3n) is 4.79. The van der Waals surface area contributed by atoms with E-state index in [1.807, 2.05) is 15.7 Å². The summed E-state index contributed by atoms with van der Waals surface area (Å²) >= 11 is 0. The molecule has 136 valence electrons. The third-order valence-corrected chi connectivity index (χ3v) is 4.79. The van der Waals surface area contributed by atoms with Crippen LogP contribution in [0, 0.1) is 0 Å². The molecule has 8 nitrogen and oxygen atoms in total. The number of carbonyl (C=O) groups excluding carboxylic acids is 1. The van der Waals surface area contributed by atoms with Crippen molar-refractivity contribution < 1.29 is 9.53 Å².